The first-order chi connectivity index (χ1) is 24.2. The van der Waals surface area contributed by atoms with Crippen LogP contribution in [0, 0.1) is 0 Å². The Morgan fingerprint density at radius 1 is 0.800 bits per heavy atom. The zero-order valence-electron chi connectivity index (χ0n) is 28.8. The molecule has 2 atom stereocenters. The Hall–Kier alpha value is -4.22. The zero-order chi connectivity index (χ0) is 35.4. The van der Waals surface area contributed by atoms with Gasteiger partial charge < -0.3 is 29.9 Å². The molecular weight excluding hydrogens is 675 g/mol. The summed E-state index contributed by atoms with van der Waals surface area (Å²) in [6, 6.07) is 18.0. The fourth-order valence-corrected chi connectivity index (χ4v) is 7.34. The Balaban J connectivity index is 1.21. The molecule has 0 unspecified atom stereocenters. The van der Waals surface area contributed by atoms with Crippen molar-refractivity contribution in [3.05, 3.63) is 82.0 Å². The average molecular weight is 718 g/mol. The second-order valence-corrected chi connectivity index (χ2v) is 13.5. The fraction of sp³-hybridized carbons (Fsp3) is 0.368. The number of carbonyl (C=O) groups is 2. The first-order valence-electron chi connectivity index (χ1n) is 16.8. The Bertz CT molecular complexity index is 1750. The average Bonchev–Trinajstić information content (AvgIpc) is 3.81. The smallest absolute Gasteiger partial charge is 0.219 e. The van der Waals surface area contributed by atoms with Crippen molar-refractivity contribution in [3.63, 3.8) is 0 Å². The third kappa shape index (κ3) is 7.73. The SMILES string of the molecule is COc1cc(-c2nccc(-c3cccc(-c4ccc(CN[C@@H]5CCN(C(C)=O)C5)c(OC)n4)c3Cl)c2Cl)ccc1CN[C@H]1CCN(C(C)=O)C1. The fourth-order valence-electron chi connectivity index (χ4n) is 6.69. The molecule has 2 amide bonds. The first kappa shape index (κ1) is 35.6. The van der Waals surface area contributed by atoms with E-state index < -0.39 is 0 Å². The van der Waals surface area contributed by atoms with Gasteiger partial charge in [-0.25, -0.2) is 4.98 Å². The number of hydrogen-bond acceptors (Lipinski definition) is 8. The molecule has 262 valence electrons. The lowest BCUT2D eigenvalue weighted by Gasteiger charge is -2.17. The molecule has 50 heavy (non-hydrogen) atoms. The Morgan fingerprint density at radius 3 is 2.04 bits per heavy atom. The standard InChI is InChI=1S/C38H42Cl2N6O4/c1-23(47)45-16-13-28(21-45)42-19-26-9-8-25(18-34(26)49-3)37-36(40)31(12-15-41-37)30-6-5-7-32(35(30)39)33-11-10-27(38(44-33)50-4)20-43-29-14-17-46(22-29)24(2)48/h5-12,15,18,28-29,42-43H,13-14,16-17,19-22H2,1-4H3/t28-,29+/m0/s1. The van der Waals surface area contributed by atoms with Gasteiger partial charge in [-0.05, 0) is 31.0 Å². The third-order valence-corrected chi connectivity index (χ3v) is 10.4. The van der Waals surface area contributed by atoms with Crippen molar-refractivity contribution in [1.29, 1.82) is 0 Å². The number of pyridine rings is 2. The van der Waals surface area contributed by atoms with Crippen LogP contribution in [0.25, 0.3) is 33.6 Å². The molecule has 10 nitrogen and oxygen atoms in total. The predicted octanol–water partition coefficient (Wildman–Crippen LogP) is 6.22. The quantitative estimate of drug-likeness (QED) is 0.188. The molecule has 6 rings (SSSR count). The van der Waals surface area contributed by atoms with Crippen LogP contribution < -0.4 is 20.1 Å². The Labute approximate surface area is 303 Å². The van der Waals surface area contributed by atoms with Crippen molar-refractivity contribution in [1.82, 2.24) is 30.4 Å². The summed E-state index contributed by atoms with van der Waals surface area (Å²) < 4.78 is 11.5. The van der Waals surface area contributed by atoms with Crippen LogP contribution in [0.1, 0.15) is 37.8 Å². The summed E-state index contributed by atoms with van der Waals surface area (Å²) >= 11 is 14.2. The van der Waals surface area contributed by atoms with Crippen LogP contribution in [0.3, 0.4) is 0 Å². The van der Waals surface area contributed by atoms with E-state index in [9.17, 15) is 9.59 Å². The second-order valence-electron chi connectivity index (χ2n) is 12.7. The van der Waals surface area contributed by atoms with Crippen molar-refractivity contribution < 1.29 is 19.1 Å². The van der Waals surface area contributed by atoms with Crippen molar-refractivity contribution in [2.24, 2.45) is 0 Å². The van der Waals surface area contributed by atoms with Crippen molar-refractivity contribution in [2.45, 2.75) is 51.9 Å². The van der Waals surface area contributed by atoms with Crippen molar-refractivity contribution in [3.8, 4) is 45.3 Å². The highest BCUT2D eigenvalue weighted by Gasteiger charge is 2.25. The van der Waals surface area contributed by atoms with E-state index in [1.807, 2.05) is 64.4 Å². The molecule has 0 aliphatic carbocycles. The van der Waals surface area contributed by atoms with Crippen LogP contribution in [-0.2, 0) is 22.7 Å². The molecule has 0 saturated carbocycles. The van der Waals surface area contributed by atoms with Crippen LogP contribution in [0.4, 0.5) is 0 Å². The number of carbonyl (C=O) groups excluding carboxylic acids is 2. The highest BCUT2D eigenvalue weighted by Crippen LogP contribution is 2.42. The van der Waals surface area contributed by atoms with Gasteiger partial charge in [0.25, 0.3) is 0 Å². The van der Waals surface area contributed by atoms with Gasteiger partial charge in [0.1, 0.15) is 5.75 Å². The lowest BCUT2D eigenvalue weighted by Crippen LogP contribution is -2.33. The summed E-state index contributed by atoms with van der Waals surface area (Å²) in [6.07, 6.45) is 3.56. The Kier molecular flexibility index (Phi) is 11.2. The number of rotatable bonds is 11. The number of nitrogens with zero attached hydrogens (tertiary/aromatic N) is 4. The van der Waals surface area contributed by atoms with Crippen LogP contribution in [-0.4, -0.2) is 84.1 Å². The topological polar surface area (TPSA) is 109 Å². The summed E-state index contributed by atoms with van der Waals surface area (Å²) in [7, 11) is 3.26. The minimum absolute atomic E-state index is 0.101. The van der Waals surface area contributed by atoms with E-state index in [4.69, 9.17) is 37.7 Å². The van der Waals surface area contributed by atoms with Crippen molar-refractivity contribution >= 4 is 35.0 Å². The molecule has 2 aromatic carbocycles. The zero-order valence-corrected chi connectivity index (χ0v) is 30.3. The number of aromatic nitrogens is 2. The molecule has 2 aliphatic rings. The van der Waals surface area contributed by atoms with Gasteiger partial charge in [0.2, 0.25) is 17.7 Å². The number of ether oxygens (including phenoxy) is 2. The normalized spacial score (nSPS) is 17.3. The molecule has 2 N–H and O–H groups in total. The number of nitrogens with one attached hydrogen (secondary N) is 2. The van der Waals surface area contributed by atoms with Gasteiger partial charge in [-0.2, -0.15) is 0 Å². The monoisotopic (exact) mass is 716 g/mol. The lowest BCUT2D eigenvalue weighted by molar-refractivity contribution is -0.128. The van der Waals surface area contributed by atoms with E-state index in [1.165, 1.54) is 0 Å². The second kappa shape index (κ2) is 15.8. The summed E-state index contributed by atoms with van der Waals surface area (Å²) in [5.41, 5.74) is 6.27. The molecule has 4 aromatic rings. The molecule has 2 fully saturated rings. The Morgan fingerprint density at radius 2 is 1.42 bits per heavy atom. The number of benzene rings is 2. The summed E-state index contributed by atoms with van der Waals surface area (Å²) in [5.74, 6) is 1.44. The van der Waals surface area contributed by atoms with E-state index in [0.29, 0.717) is 53.5 Å². The summed E-state index contributed by atoms with van der Waals surface area (Å²) in [4.78, 5) is 36.6. The number of methoxy groups -OCH3 is 2. The van der Waals surface area contributed by atoms with Gasteiger partial charge in [0, 0.05) is 105 Å². The minimum atomic E-state index is 0.101. The van der Waals surface area contributed by atoms with Crippen LogP contribution >= 0.6 is 23.2 Å². The maximum absolute atomic E-state index is 11.7. The van der Waals surface area contributed by atoms with Gasteiger partial charge in [0.15, 0.2) is 0 Å². The van der Waals surface area contributed by atoms with Gasteiger partial charge in [-0.1, -0.05) is 59.6 Å². The minimum Gasteiger partial charge on any atom is -0.496 e. The third-order valence-electron chi connectivity index (χ3n) is 9.58. The van der Waals surface area contributed by atoms with Gasteiger partial charge in [-0.15, -0.1) is 0 Å². The van der Waals surface area contributed by atoms with Crippen LogP contribution in [0.5, 0.6) is 11.6 Å². The van der Waals surface area contributed by atoms with Crippen LogP contribution in [0.15, 0.2) is 60.8 Å². The molecule has 0 radical (unpaired) electrons. The van der Waals surface area contributed by atoms with E-state index in [1.54, 1.807) is 34.3 Å². The molecular formula is C38H42Cl2N6O4. The molecule has 0 spiro atoms. The van der Waals surface area contributed by atoms with E-state index in [-0.39, 0.29) is 23.9 Å². The maximum atomic E-state index is 11.7. The molecule has 2 aliphatic heterocycles. The molecule has 2 saturated heterocycles. The largest absolute Gasteiger partial charge is 0.496 e. The molecule has 2 aromatic heterocycles. The lowest BCUT2D eigenvalue weighted by atomic mass is 9.99. The first-order valence-corrected chi connectivity index (χ1v) is 17.5. The number of halogens is 2. The van der Waals surface area contributed by atoms with Crippen LogP contribution in [0.2, 0.25) is 10.0 Å². The van der Waals surface area contributed by atoms with Crippen molar-refractivity contribution in [2.75, 3.05) is 40.4 Å². The van der Waals surface area contributed by atoms with Gasteiger partial charge in [-0.3, -0.25) is 14.6 Å². The number of hydrogen-bond donors (Lipinski definition) is 2. The van der Waals surface area contributed by atoms with Gasteiger partial charge in [0.05, 0.1) is 35.7 Å². The number of amides is 2. The summed E-state index contributed by atoms with van der Waals surface area (Å²) in [5, 5.41) is 8.07. The highest BCUT2D eigenvalue weighted by atomic mass is 35.5. The van der Waals surface area contributed by atoms with E-state index in [0.717, 1.165) is 65.1 Å². The molecule has 4 heterocycles. The number of likely N-dealkylation sites (tertiary alicyclic amines) is 2. The molecule has 0 bridgehead atoms. The molecule has 12 heteroatoms. The van der Waals surface area contributed by atoms with E-state index in [2.05, 4.69) is 15.6 Å². The maximum Gasteiger partial charge on any atom is 0.219 e. The van der Waals surface area contributed by atoms with E-state index >= 15 is 0 Å². The highest BCUT2D eigenvalue weighted by molar-refractivity contribution is 6.39. The summed E-state index contributed by atoms with van der Waals surface area (Å²) in [6.45, 7) is 7.34. The predicted molar refractivity (Wildman–Crippen MR) is 196 cm³/mol. The van der Waals surface area contributed by atoms with Gasteiger partial charge >= 0.3 is 0 Å².